The van der Waals surface area contributed by atoms with Crippen LogP contribution in [0.1, 0.15) is 5.56 Å². The van der Waals surface area contributed by atoms with E-state index in [0.717, 1.165) is 43.7 Å². The maximum Gasteiger partial charge on any atom is 0.140 e. The number of nitriles is 1. The molecular formula is C15H10BrN3S. The summed E-state index contributed by atoms with van der Waals surface area (Å²) < 4.78 is 2.95. The Labute approximate surface area is 129 Å². The predicted molar refractivity (Wildman–Crippen MR) is 84.5 cm³/mol. The largest absolute Gasteiger partial charge is 0.293 e. The Kier molecular flexibility index (Phi) is 3.51. The monoisotopic (exact) mass is 343 g/mol. The average Bonchev–Trinajstić information content (AvgIpc) is 2.77. The fourth-order valence-electron chi connectivity index (χ4n) is 2.09. The molecule has 2 aromatic heterocycles. The van der Waals surface area contributed by atoms with Crippen molar-refractivity contribution < 1.29 is 0 Å². The first-order valence-electron chi connectivity index (χ1n) is 5.99. The molecule has 3 aromatic rings. The van der Waals surface area contributed by atoms with Crippen molar-refractivity contribution in [3.05, 3.63) is 52.6 Å². The van der Waals surface area contributed by atoms with E-state index < -0.39 is 0 Å². The number of fused-ring (bicyclic) bond motifs is 1. The summed E-state index contributed by atoms with van der Waals surface area (Å²) in [5, 5.41) is 12.0. The van der Waals surface area contributed by atoms with Gasteiger partial charge in [-0.25, -0.2) is 4.98 Å². The predicted octanol–water partition coefficient (Wildman–Crippen LogP) is 4.65. The normalized spacial score (nSPS) is 10.7. The fraction of sp³-hybridized carbons (Fsp3) is 0.0667. The SMILES string of the molecule is Cc1ccn2c(SC#N)c(-c3cccc(Br)c3)nc2c1. The van der Waals surface area contributed by atoms with Gasteiger partial charge in [0.1, 0.15) is 21.8 Å². The third-order valence-corrected chi connectivity index (χ3v) is 4.15. The van der Waals surface area contributed by atoms with Crippen molar-refractivity contribution in [1.82, 2.24) is 9.38 Å². The molecule has 3 nitrogen and oxygen atoms in total. The van der Waals surface area contributed by atoms with Gasteiger partial charge in [-0.3, -0.25) is 4.40 Å². The van der Waals surface area contributed by atoms with E-state index in [9.17, 15) is 0 Å². The number of thiocyanates is 1. The van der Waals surface area contributed by atoms with Gasteiger partial charge in [0.2, 0.25) is 0 Å². The molecule has 20 heavy (non-hydrogen) atoms. The van der Waals surface area contributed by atoms with Gasteiger partial charge in [-0.2, -0.15) is 5.26 Å². The molecule has 0 aliphatic heterocycles. The summed E-state index contributed by atoms with van der Waals surface area (Å²) in [5.41, 5.74) is 3.84. The van der Waals surface area contributed by atoms with Crippen LogP contribution in [0.2, 0.25) is 0 Å². The second-order valence-corrected chi connectivity index (χ2v) is 6.09. The van der Waals surface area contributed by atoms with Crippen LogP contribution in [-0.2, 0) is 0 Å². The number of nitrogens with zero attached hydrogens (tertiary/aromatic N) is 3. The molecule has 0 aliphatic rings. The highest BCUT2D eigenvalue weighted by Gasteiger charge is 2.14. The number of imidazole rings is 1. The molecule has 5 heteroatoms. The smallest absolute Gasteiger partial charge is 0.140 e. The van der Waals surface area contributed by atoms with E-state index in [1.165, 1.54) is 0 Å². The Morgan fingerprint density at radius 3 is 2.90 bits per heavy atom. The van der Waals surface area contributed by atoms with Crippen LogP contribution in [0, 0.1) is 17.6 Å². The van der Waals surface area contributed by atoms with E-state index in [1.54, 1.807) is 0 Å². The standard InChI is InChI=1S/C15H10BrN3S/c1-10-5-6-19-13(7-10)18-14(15(19)20-9-17)11-3-2-4-12(16)8-11/h2-8H,1H3. The van der Waals surface area contributed by atoms with Gasteiger partial charge in [0.15, 0.2) is 0 Å². The zero-order valence-corrected chi connectivity index (χ0v) is 13.1. The van der Waals surface area contributed by atoms with E-state index >= 15 is 0 Å². The zero-order valence-electron chi connectivity index (χ0n) is 10.7. The minimum atomic E-state index is 0.837. The van der Waals surface area contributed by atoms with Gasteiger partial charge in [-0.1, -0.05) is 28.1 Å². The third-order valence-electron chi connectivity index (χ3n) is 2.98. The number of benzene rings is 1. The Balaban J connectivity index is 2.29. The number of halogens is 1. The van der Waals surface area contributed by atoms with Gasteiger partial charge in [-0.15, -0.1) is 0 Å². The molecule has 0 saturated carbocycles. The highest BCUT2D eigenvalue weighted by Crippen LogP contribution is 2.32. The van der Waals surface area contributed by atoms with Gasteiger partial charge < -0.3 is 0 Å². The lowest BCUT2D eigenvalue weighted by atomic mass is 10.2. The lowest BCUT2D eigenvalue weighted by Gasteiger charge is -2.01. The van der Waals surface area contributed by atoms with Crippen LogP contribution in [0.15, 0.2) is 52.1 Å². The summed E-state index contributed by atoms with van der Waals surface area (Å²) >= 11 is 4.61. The zero-order chi connectivity index (χ0) is 14.1. The molecule has 2 heterocycles. The Bertz CT molecular complexity index is 833. The number of hydrogen-bond acceptors (Lipinski definition) is 3. The van der Waals surface area contributed by atoms with Crippen molar-refractivity contribution in [3.63, 3.8) is 0 Å². The molecule has 0 N–H and O–H groups in total. The summed E-state index contributed by atoms with van der Waals surface area (Å²) in [6.45, 7) is 2.03. The van der Waals surface area contributed by atoms with Crippen LogP contribution >= 0.6 is 27.7 Å². The second kappa shape index (κ2) is 5.31. The summed E-state index contributed by atoms with van der Waals surface area (Å²) in [5.74, 6) is 0. The van der Waals surface area contributed by atoms with Gasteiger partial charge in [0.25, 0.3) is 0 Å². The number of thioether (sulfide) groups is 1. The topological polar surface area (TPSA) is 41.1 Å². The van der Waals surface area contributed by atoms with Crippen molar-refractivity contribution in [2.24, 2.45) is 0 Å². The Morgan fingerprint density at radius 1 is 1.30 bits per heavy atom. The molecular weight excluding hydrogens is 334 g/mol. The first kappa shape index (κ1) is 13.2. The summed E-state index contributed by atoms with van der Waals surface area (Å²) in [7, 11) is 0. The number of aromatic nitrogens is 2. The molecule has 0 atom stereocenters. The van der Waals surface area contributed by atoms with Gasteiger partial charge in [0.05, 0.1) is 0 Å². The van der Waals surface area contributed by atoms with Crippen molar-refractivity contribution in [1.29, 1.82) is 5.26 Å². The Morgan fingerprint density at radius 2 is 2.15 bits per heavy atom. The van der Waals surface area contributed by atoms with E-state index in [4.69, 9.17) is 5.26 Å². The van der Waals surface area contributed by atoms with E-state index in [2.05, 4.69) is 26.3 Å². The van der Waals surface area contributed by atoms with Crippen molar-refractivity contribution >= 4 is 33.3 Å². The highest BCUT2D eigenvalue weighted by atomic mass is 79.9. The van der Waals surface area contributed by atoms with E-state index in [-0.39, 0.29) is 0 Å². The van der Waals surface area contributed by atoms with Gasteiger partial charge >= 0.3 is 0 Å². The van der Waals surface area contributed by atoms with Crippen LogP contribution in [0.4, 0.5) is 0 Å². The van der Waals surface area contributed by atoms with E-state index in [1.807, 2.05) is 53.9 Å². The minimum absolute atomic E-state index is 0.837. The van der Waals surface area contributed by atoms with Crippen LogP contribution in [-0.4, -0.2) is 9.38 Å². The molecule has 0 radical (unpaired) electrons. The molecule has 0 bridgehead atoms. The highest BCUT2D eigenvalue weighted by molar-refractivity contribution is 9.10. The first-order chi connectivity index (χ1) is 9.69. The maximum absolute atomic E-state index is 9.04. The van der Waals surface area contributed by atoms with E-state index in [0.29, 0.717) is 0 Å². The van der Waals surface area contributed by atoms with Crippen molar-refractivity contribution in [2.45, 2.75) is 11.9 Å². The second-order valence-electron chi connectivity index (χ2n) is 4.40. The Hall–Kier alpha value is -1.77. The molecule has 3 rings (SSSR count). The third kappa shape index (κ3) is 2.33. The number of rotatable bonds is 2. The van der Waals surface area contributed by atoms with Crippen LogP contribution in [0.3, 0.4) is 0 Å². The molecule has 0 saturated heterocycles. The lowest BCUT2D eigenvalue weighted by Crippen LogP contribution is -1.86. The molecule has 0 amide bonds. The molecule has 0 aliphatic carbocycles. The van der Waals surface area contributed by atoms with Gasteiger partial charge in [0, 0.05) is 28.0 Å². The van der Waals surface area contributed by atoms with Crippen LogP contribution in [0.25, 0.3) is 16.9 Å². The number of hydrogen-bond donors (Lipinski definition) is 0. The molecule has 0 unspecified atom stereocenters. The summed E-state index contributed by atoms with van der Waals surface area (Å²) in [6, 6.07) is 12.0. The number of aryl methyl sites for hydroxylation is 1. The van der Waals surface area contributed by atoms with Gasteiger partial charge in [-0.05, 0) is 36.8 Å². The lowest BCUT2D eigenvalue weighted by molar-refractivity contribution is 1.05. The summed E-state index contributed by atoms with van der Waals surface area (Å²) in [4.78, 5) is 4.67. The van der Waals surface area contributed by atoms with Crippen LogP contribution < -0.4 is 0 Å². The van der Waals surface area contributed by atoms with Crippen molar-refractivity contribution in [3.8, 4) is 16.7 Å². The molecule has 0 spiro atoms. The number of pyridine rings is 1. The average molecular weight is 344 g/mol. The molecule has 98 valence electrons. The minimum Gasteiger partial charge on any atom is -0.293 e. The quantitative estimate of drug-likeness (QED) is 0.502. The molecule has 1 aromatic carbocycles. The van der Waals surface area contributed by atoms with Crippen molar-refractivity contribution in [2.75, 3.05) is 0 Å². The maximum atomic E-state index is 9.04. The summed E-state index contributed by atoms with van der Waals surface area (Å²) in [6.07, 6.45) is 1.96. The fourth-order valence-corrected chi connectivity index (χ4v) is 3.09. The first-order valence-corrected chi connectivity index (χ1v) is 7.60. The molecule has 0 fully saturated rings. The van der Waals surface area contributed by atoms with Crippen LogP contribution in [0.5, 0.6) is 0 Å².